The molecule has 2 saturated carbocycles. The van der Waals surface area contributed by atoms with Gasteiger partial charge in [0, 0.05) is 50.8 Å². The van der Waals surface area contributed by atoms with Gasteiger partial charge in [0.25, 0.3) is 5.91 Å². The van der Waals surface area contributed by atoms with Gasteiger partial charge in [0.2, 0.25) is 5.78 Å². The van der Waals surface area contributed by atoms with Gasteiger partial charge in [0.05, 0.1) is 5.56 Å². The van der Waals surface area contributed by atoms with Crippen LogP contribution in [-0.2, 0) is 27.3 Å². The Balaban J connectivity index is 1.58. The standard InChI is InChI=1S/C32H43N3O7/c1-5-35(16-31(2)9-7-6-8-10-31)15-18-13-21(36)24-20(26(18)34(3)4)12-17-11-19-14-22(37)25(30(33)41)29(40)32(19,42)28(39)23(17)27(24)38/h13,17,19,36,38,40,42H,5-12,14-16H2,1-4H3,(H2,33,41)/t17?,19-,32-/m0/s1. The minimum Gasteiger partial charge on any atom is -0.508 e. The lowest BCUT2D eigenvalue weighted by molar-refractivity contribution is -0.147. The van der Waals surface area contributed by atoms with E-state index in [1.165, 1.54) is 32.1 Å². The zero-order chi connectivity index (χ0) is 30.7. The molecular formula is C32H43N3O7. The topological polar surface area (TPSA) is 165 Å². The number of hydrogen-bond donors (Lipinski definition) is 5. The van der Waals surface area contributed by atoms with Crippen molar-refractivity contribution in [3.05, 3.63) is 39.7 Å². The minimum atomic E-state index is -2.56. The van der Waals surface area contributed by atoms with Gasteiger partial charge in [-0.3, -0.25) is 19.3 Å². The Morgan fingerprint density at radius 2 is 1.76 bits per heavy atom. The van der Waals surface area contributed by atoms with Gasteiger partial charge in [0.1, 0.15) is 22.8 Å². The van der Waals surface area contributed by atoms with Crippen molar-refractivity contribution in [2.45, 2.75) is 77.4 Å². The summed E-state index contributed by atoms with van der Waals surface area (Å²) in [7, 11) is 3.81. The number of fused-ring (bicyclic) bond motifs is 3. The molecule has 0 aromatic heterocycles. The number of Topliss-reactive ketones (excluding diaryl/α,β-unsaturated/α-hetero) is 2. The lowest BCUT2D eigenvalue weighted by atomic mass is 9.59. The number of aromatic hydroxyl groups is 1. The fourth-order valence-electron chi connectivity index (χ4n) is 8.05. The van der Waals surface area contributed by atoms with Crippen LogP contribution in [0.5, 0.6) is 5.75 Å². The zero-order valence-electron chi connectivity index (χ0n) is 25.0. The molecule has 3 atom stereocenters. The van der Waals surface area contributed by atoms with Crippen molar-refractivity contribution in [3.8, 4) is 5.75 Å². The third-order valence-electron chi connectivity index (χ3n) is 10.1. The highest BCUT2D eigenvalue weighted by Gasteiger charge is 2.60. The molecule has 1 amide bonds. The summed E-state index contributed by atoms with van der Waals surface area (Å²) in [5.41, 5.74) is 4.62. The third kappa shape index (κ3) is 4.68. The Labute approximate surface area is 246 Å². The number of carbonyl (C=O) groups is 3. The molecule has 0 heterocycles. The summed E-state index contributed by atoms with van der Waals surface area (Å²) >= 11 is 0. The van der Waals surface area contributed by atoms with Crippen molar-refractivity contribution >= 4 is 28.9 Å². The van der Waals surface area contributed by atoms with Crippen LogP contribution in [0.3, 0.4) is 0 Å². The van der Waals surface area contributed by atoms with Crippen LogP contribution in [0.4, 0.5) is 5.69 Å². The van der Waals surface area contributed by atoms with Crippen molar-refractivity contribution in [3.63, 3.8) is 0 Å². The number of phenols is 1. The van der Waals surface area contributed by atoms with Crippen LogP contribution < -0.4 is 10.6 Å². The summed E-state index contributed by atoms with van der Waals surface area (Å²) in [6.07, 6.45) is 6.21. The molecule has 42 heavy (non-hydrogen) atoms. The number of carbonyl (C=O) groups excluding carboxylic acids is 3. The van der Waals surface area contributed by atoms with Gasteiger partial charge in [-0.2, -0.15) is 0 Å². The first-order chi connectivity index (χ1) is 19.7. The van der Waals surface area contributed by atoms with Gasteiger partial charge < -0.3 is 31.1 Å². The van der Waals surface area contributed by atoms with E-state index in [9.17, 15) is 34.8 Å². The van der Waals surface area contributed by atoms with Crippen LogP contribution in [-0.4, -0.2) is 75.6 Å². The highest BCUT2D eigenvalue weighted by Crippen LogP contribution is 2.53. The first kappa shape index (κ1) is 30.1. The number of aliphatic hydroxyl groups is 3. The van der Waals surface area contributed by atoms with E-state index in [-0.39, 0.29) is 41.6 Å². The molecule has 0 spiro atoms. The van der Waals surface area contributed by atoms with Crippen molar-refractivity contribution < 1.29 is 34.8 Å². The molecule has 1 aromatic carbocycles. The van der Waals surface area contributed by atoms with Gasteiger partial charge >= 0.3 is 0 Å². The number of anilines is 1. The van der Waals surface area contributed by atoms with Crippen LogP contribution >= 0.6 is 0 Å². The molecule has 0 bridgehead atoms. The number of benzene rings is 1. The zero-order valence-corrected chi connectivity index (χ0v) is 25.0. The van der Waals surface area contributed by atoms with Crippen molar-refractivity contribution in [2.75, 3.05) is 32.1 Å². The largest absolute Gasteiger partial charge is 0.508 e. The average Bonchev–Trinajstić information content (AvgIpc) is 2.90. The van der Waals surface area contributed by atoms with Crippen LogP contribution in [0.2, 0.25) is 0 Å². The maximum absolute atomic E-state index is 13.8. The summed E-state index contributed by atoms with van der Waals surface area (Å²) in [4.78, 5) is 42.7. The maximum atomic E-state index is 13.8. The van der Waals surface area contributed by atoms with E-state index in [1.54, 1.807) is 6.07 Å². The average molecular weight is 582 g/mol. The molecule has 4 aliphatic rings. The molecular weight excluding hydrogens is 538 g/mol. The summed E-state index contributed by atoms with van der Waals surface area (Å²) in [6.45, 7) is 6.87. The Morgan fingerprint density at radius 1 is 1.10 bits per heavy atom. The third-order valence-corrected chi connectivity index (χ3v) is 10.1. The first-order valence-electron chi connectivity index (χ1n) is 15.0. The number of nitrogens with zero attached hydrogens (tertiary/aromatic N) is 2. The van der Waals surface area contributed by atoms with Crippen LogP contribution in [0.15, 0.2) is 23.0 Å². The molecule has 6 N–H and O–H groups in total. The molecule has 0 saturated heterocycles. The maximum Gasteiger partial charge on any atom is 0.255 e. The quantitative estimate of drug-likeness (QED) is 0.304. The fraction of sp³-hybridized carbons (Fsp3) is 0.594. The fourth-order valence-corrected chi connectivity index (χ4v) is 8.05. The second-order valence-corrected chi connectivity index (χ2v) is 13.2. The number of hydrogen-bond acceptors (Lipinski definition) is 9. The molecule has 1 aromatic rings. The first-order valence-corrected chi connectivity index (χ1v) is 15.0. The van der Waals surface area contributed by atoms with Crippen molar-refractivity contribution in [1.82, 2.24) is 4.90 Å². The number of phenolic OH excluding ortho intramolecular Hbond substituents is 1. The summed E-state index contributed by atoms with van der Waals surface area (Å²) < 4.78 is 0. The molecule has 0 aliphatic heterocycles. The van der Waals surface area contributed by atoms with Gasteiger partial charge in [-0.05, 0) is 60.8 Å². The van der Waals surface area contributed by atoms with Crippen LogP contribution in [0, 0.1) is 17.3 Å². The number of aliphatic hydroxyl groups excluding tert-OH is 2. The lowest BCUT2D eigenvalue weighted by Gasteiger charge is -2.46. The molecule has 0 radical (unpaired) electrons. The highest BCUT2D eigenvalue weighted by molar-refractivity contribution is 6.22. The van der Waals surface area contributed by atoms with E-state index in [0.717, 1.165) is 24.3 Å². The predicted octanol–water partition coefficient (Wildman–Crippen LogP) is 3.28. The molecule has 5 rings (SSSR count). The number of nitrogens with two attached hydrogens (primary N) is 1. The van der Waals surface area contributed by atoms with E-state index in [2.05, 4.69) is 18.7 Å². The van der Waals surface area contributed by atoms with E-state index < -0.39 is 52.0 Å². The second kappa shape index (κ2) is 10.7. The van der Waals surface area contributed by atoms with Gasteiger partial charge in [-0.15, -0.1) is 0 Å². The van der Waals surface area contributed by atoms with Gasteiger partial charge in [0.15, 0.2) is 11.4 Å². The molecule has 4 aliphatic carbocycles. The second-order valence-electron chi connectivity index (χ2n) is 13.2. The van der Waals surface area contributed by atoms with Crippen molar-refractivity contribution in [1.29, 1.82) is 0 Å². The molecule has 10 heteroatoms. The van der Waals surface area contributed by atoms with E-state index >= 15 is 0 Å². The predicted molar refractivity (Wildman–Crippen MR) is 158 cm³/mol. The van der Waals surface area contributed by atoms with Crippen LogP contribution in [0.25, 0.3) is 5.76 Å². The van der Waals surface area contributed by atoms with Crippen LogP contribution in [0.1, 0.15) is 75.5 Å². The minimum absolute atomic E-state index is 0.111. The number of primary amides is 1. The summed E-state index contributed by atoms with van der Waals surface area (Å²) in [5.74, 6) is -6.20. The van der Waals surface area contributed by atoms with E-state index in [1.807, 2.05) is 19.0 Å². The number of amides is 1. The summed E-state index contributed by atoms with van der Waals surface area (Å²) in [5, 5.41) is 45.0. The molecule has 2 fully saturated rings. The van der Waals surface area contributed by atoms with Gasteiger partial charge in [-0.25, -0.2) is 0 Å². The summed E-state index contributed by atoms with van der Waals surface area (Å²) in [6, 6.07) is 1.64. The Kier molecular flexibility index (Phi) is 7.68. The lowest BCUT2D eigenvalue weighted by Crippen LogP contribution is -2.58. The van der Waals surface area contributed by atoms with Gasteiger partial charge in [-0.1, -0.05) is 33.1 Å². The monoisotopic (exact) mass is 581 g/mol. The van der Waals surface area contributed by atoms with Crippen molar-refractivity contribution in [2.24, 2.45) is 23.0 Å². The number of rotatable bonds is 7. The Morgan fingerprint density at radius 3 is 2.36 bits per heavy atom. The smallest absolute Gasteiger partial charge is 0.255 e. The SMILES string of the molecule is CCN(Cc1cc(O)c2c(c1N(C)C)CC1C[C@H]3CC(=O)C(C(N)=O)=C(O)[C@@]3(O)C(=O)C1=C2O)CC1(C)CCCCC1. The molecule has 10 nitrogen and oxygen atoms in total. The Hall–Kier alpha value is -3.37. The highest BCUT2D eigenvalue weighted by atomic mass is 16.3. The molecule has 1 unspecified atom stereocenters. The van der Waals surface area contributed by atoms with E-state index in [4.69, 9.17) is 5.73 Å². The number of ketones is 2. The van der Waals surface area contributed by atoms with E-state index in [0.29, 0.717) is 12.1 Å². The Bertz CT molecular complexity index is 1400. The molecule has 228 valence electrons. The normalized spacial score (nSPS) is 27.1.